The first kappa shape index (κ1) is 27.9. The maximum absolute atomic E-state index is 13.0. The van der Waals surface area contributed by atoms with Crippen molar-refractivity contribution in [2.75, 3.05) is 22.4 Å². The summed E-state index contributed by atoms with van der Waals surface area (Å²) in [7, 11) is -3.74. The number of carbonyl (C=O) groups is 2. The van der Waals surface area contributed by atoms with E-state index in [1.807, 2.05) is 26.0 Å². The van der Waals surface area contributed by atoms with Gasteiger partial charge < -0.3 is 10.1 Å². The highest BCUT2D eigenvalue weighted by molar-refractivity contribution is 7.92. The number of anilines is 2. The molecule has 1 amide bonds. The molecule has 0 heterocycles. The first-order chi connectivity index (χ1) is 17.2. The van der Waals surface area contributed by atoms with Gasteiger partial charge >= 0.3 is 0 Å². The molecule has 3 rings (SSSR count). The van der Waals surface area contributed by atoms with Crippen molar-refractivity contribution in [3.8, 4) is 5.75 Å². The molecule has 0 saturated heterocycles. The minimum atomic E-state index is -3.74. The van der Waals surface area contributed by atoms with Gasteiger partial charge in [0.15, 0.2) is 5.78 Å². The van der Waals surface area contributed by atoms with Crippen molar-refractivity contribution in [2.24, 2.45) is 0 Å². The van der Waals surface area contributed by atoms with E-state index < -0.39 is 22.5 Å². The topological polar surface area (TPSA) is 92.8 Å². The molecule has 0 aliphatic heterocycles. The van der Waals surface area contributed by atoms with Gasteiger partial charge in [0.05, 0.1) is 18.0 Å². The van der Waals surface area contributed by atoms with Gasteiger partial charge in [0.1, 0.15) is 12.3 Å². The zero-order valence-corrected chi connectivity index (χ0v) is 22.9. The summed E-state index contributed by atoms with van der Waals surface area (Å²) in [6, 6.07) is 20.6. The molecule has 1 N–H and O–H groups in total. The van der Waals surface area contributed by atoms with Crippen LogP contribution >= 0.6 is 0 Å². The molecule has 0 fully saturated rings. The highest BCUT2D eigenvalue weighted by Gasteiger charge is 2.21. The molecule has 37 heavy (non-hydrogen) atoms. The predicted molar refractivity (Wildman–Crippen MR) is 148 cm³/mol. The van der Waals surface area contributed by atoms with Crippen molar-refractivity contribution in [1.82, 2.24) is 0 Å². The number of hydrogen-bond donors (Lipinski definition) is 1. The Balaban J connectivity index is 1.74. The van der Waals surface area contributed by atoms with E-state index in [0.717, 1.165) is 16.1 Å². The predicted octanol–water partition coefficient (Wildman–Crippen LogP) is 5.41. The van der Waals surface area contributed by atoms with Crippen molar-refractivity contribution in [3.05, 3.63) is 89.5 Å². The van der Waals surface area contributed by atoms with E-state index in [4.69, 9.17) is 4.74 Å². The molecule has 0 saturated carbocycles. The number of sulfonamides is 1. The van der Waals surface area contributed by atoms with E-state index in [9.17, 15) is 18.0 Å². The first-order valence-electron chi connectivity index (χ1n) is 12.0. The Morgan fingerprint density at radius 1 is 0.919 bits per heavy atom. The summed E-state index contributed by atoms with van der Waals surface area (Å²) in [4.78, 5) is 25.8. The Kier molecular flexibility index (Phi) is 8.43. The molecule has 7 nitrogen and oxygen atoms in total. The van der Waals surface area contributed by atoms with Crippen LogP contribution in [-0.4, -0.2) is 39.0 Å². The molecule has 0 aliphatic carbocycles. The second kappa shape index (κ2) is 11.2. The fraction of sp³-hybridized carbons (Fsp3) is 0.310. The maximum atomic E-state index is 13.0. The summed E-state index contributed by atoms with van der Waals surface area (Å²) in [6.45, 7) is 9.69. The quantitative estimate of drug-likeness (QED) is 0.380. The molecule has 3 aromatic carbocycles. The minimum Gasteiger partial charge on any atom is -0.491 e. The average molecular weight is 523 g/mol. The Bertz CT molecular complexity index is 1360. The fourth-order valence-corrected chi connectivity index (χ4v) is 4.58. The van der Waals surface area contributed by atoms with Gasteiger partial charge in [-0.1, -0.05) is 57.2 Å². The third-order valence-corrected chi connectivity index (χ3v) is 6.75. The highest BCUT2D eigenvalue weighted by Crippen LogP contribution is 2.24. The number of nitrogens with one attached hydrogen (secondary N) is 1. The van der Waals surface area contributed by atoms with Crippen LogP contribution in [0.15, 0.2) is 72.8 Å². The monoisotopic (exact) mass is 522 g/mol. The lowest BCUT2D eigenvalue weighted by atomic mass is 9.86. The molecule has 3 aromatic rings. The van der Waals surface area contributed by atoms with E-state index in [1.165, 1.54) is 0 Å². The zero-order valence-electron chi connectivity index (χ0n) is 22.1. The standard InChI is InChI=1S/C29H34N2O5S/c1-20(2)36-26-16-14-25(15-17-26)31(37(6,34)35)19-27(32)30-24-9-7-8-22(18-24)28(33)21-10-12-23(13-11-21)29(3,4)5/h7-18,20H,19H2,1-6H3,(H,30,32). The third-order valence-electron chi connectivity index (χ3n) is 5.61. The van der Waals surface area contributed by atoms with Gasteiger partial charge in [0.2, 0.25) is 15.9 Å². The number of ether oxygens (including phenoxy) is 1. The van der Waals surface area contributed by atoms with Crippen molar-refractivity contribution in [1.29, 1.82) is 0 Å². The Hall–Kier alpha value is -3.65. The van der Waals surface area contributed by atoms with Crippen LogP contribution in [0.4, 0.5) is 11.4 Å². The Morgan fingerprint density at radius 2 is 1.54 bits per heavy atom. The maximum Gasteiger partial charge on any atom is 0.245 e. The molecule has 8 heteroatoms. The first-order valence-corrected chi connectivity index (χ1v) is 13.9. The summed E-state index contributed by atoms with van der Waals surface area (Å²) < 4.78 is 31.5. The lowest BCUT2D eigenvalue weighted by Gasteiger charge is -2.22. The van der Waals surface area contributed by atoms with Gasteiger partial charge in [-0.2, -0.15) is 0 Å². The molecule has 0 aliphatic rings. The number of nitrogens with zero attached hydrogens (tertiary/aromatic N) is 1. The Labute approximate surface area is 219 Å². The van der Waals surface area contributed by atoms with Gasteiger partial charge in [0.25, 0.3) is 0 Å². The normalized spacial score (nSPS) is 11.8. The minimum absolute atomic E-state index is 0.0183. The summed E-state index contributed by atoms with van der Waals surface area (Å²) in [5, 5.41) is 2.71. The molecule has 0 radical (unpaired) electrons. The SMILES string of the molecule is CC(C)Oc1ccc(N(CC(=O)Nc2cccc(C(=O)c3ccc(C(C)(C)C)cc3)c2)S(C)(=O)=O)cc1. The molecular weight excluding hydrogens is 488 g/mol. The number of rotatable bonds is 9. The van der Waals surface area contributed by atoms with Crippen LogP contribution in [0.5, 0.6) is 5.75 Å². The van der Waals surface area contributed by atoms with Crippen molar-refractivity contribution in [2.45, 2.75) is 46.1 Å². The molecule has 0 bridgehead atoms. The molecule has 0 spiro atoms. The third kappa shape index (κ3) is 7.67. The van der Waals surface area contributed by atoms with Crippen molar-refractivity contribution >= 4 is 33.1 Å². The number of hydrogen-bond acceptors (Lipinski definition) is 5. The summed E-state index contributed by atoms with van der Waals surface area (Å²) in [5.41, 5.74) is 2.82. The smallest absolute Gasteiger partial charge is 0.245 e. The molecule has 0 unspecified atom stereocenters. The summed E-state index contributed by atoms with van der Waals surface area (Å²) in [6.07, 6.45) is 1.02. The lowest BCUT2D eigenvalue weighted by Crippen LogP contribution is -2.37. The highest BCUT2D eigenvalue weighted by atomic mass is 32.2. The average Bonchev–Trinajstić information content (AvgIpc) is 2.81. The Morgan fingerprint density at radius 3 is 2.08 bits per heavy atom. The largest absolute Gasteiger partial charge is 0.491 e. The second-order valence-corrected chi connectivity index (χ2v) is 12.1. The van der Waals surface area contributed by atoms with E-state index in [-0.39, 0.29) is 17.3 Å². The van der Waals surface area contributed by atoms with Crippen LogP contribution in [0.3, 0.4) is 0 Å². The van der Waals surface area contributed by atoms with Crippen LogP contribution in [0, 0.1) is 0 Å². The lowest BCUT2D eigenvalue weighted by molar-refractivity contribution is -0.114. The molecule has 196 valence electrons. The summed E-state index contributed by atoms with van der Waals surface area (Å²) in [5.74, 6) is -0.101. The number of ketones is 1. The fourth-order valence-electron chi connectivity index (χ4n) is 3.72. The summed E-state index contributed by atoms with van der Waals surface area (Å²) >= 11 is 0. The van der Waals surface area contributed by atoms with Crippen LogP contribution in [0.2, 0.25) is 0 Å². The van der Waals surface area contributed by atoms with Gasteiger partial charge in [-0.05, 0) is 61.2 Å². The number of amides is 1. The van der Waals surface area contributed by atoms with Crippen LogP contribution < -0.4 is 14.4 Å². The van der Waals surface area contributed by atoms with Gasteiger partial charge in [-0.15, -0.1) is 0 Å². The van der Waals surface area contributed by atoms with Crippen LogP contribution in [0.25, 0.3) is 0 Å². The van der Waals surface area contributed by atoms with Crippen LogP contribution in [0.1, 0.15) is 56.1 Å². The molecular formula is C29H34N2O5S. The molecule has 0 atom stereocenters. The number of benzene rings is 3. The van der Waals surface area contributed by atoms with Gasteiger partial charge in [-0.3, -0.25) is 13.9 Å². The number of carbonyl (C=O) groups excluding carboxylic acids is 2. The van der Waals surface area contributed by atoms with E-state index in [2.05, 4.69) is 26.1 Å². The van der Waals surface area contributed by atoms with E-state index in [1.54, 1.807) is 60.7 Å². The van der Waals surface area contributed by atoms with Crippen molar-refractivity contribution < 1.29 is 22.7 Å². The second-order valence-electron chi connectivity index (χ2n) is 10.2. The van der Waals surface area contributed by atoms with E-state index >= 15 is 0 Å². The van der Waals surface area contributed by atoms with Crippen molar-refractivity contribution in [3.63, 3.8) is 0 Å². The zero-order chi connectivity index (χ0) is 27.4. The molecule has 0 aromatic heterocycles. The van der Waals surface area contributed by atoms with Gasteiger partial charge in [-0.25, -0.2) is 8.42 Å². The van der Waals surface area contributed by atoms with Crippen LogP contribution in [-0.2, 0) is 20.2 Å². The van der Waals surface area contributed by atoms with Gasteiger partial charge in [0, 0.05) is 16.8 Å². The van der Waals surface area contributed by atoms with E-state index in [0.29, 0.717) is 28.3 Å².